The first kappa shape index (κ1) is 18.4. The predicted octanol–water partition coefficient (Wildman–Crippen LogP) is 6.18. The molecule has 18 heavy (non-hydrogen) atoms. The van der Waals surface area contributed by atoms with Gasteiger partial charge in [-0.1, -0.05) is 0 Å². The summed E-state index contributed by atoms with van der Waals surface area (Å²) in [6.45, 7) is 11.9. The summed E-state index contributed by atoms with van der Waals surface area (Å²) in [5.41, 5.74) is 0. The van der Waals surface area contributed by atoms with Crippen molar-refractivity contribution in [2.45, 2.75) is 79.6 Å². The summed E-state index contributed by atoms with van der Waals surface area (Å²) in [4.78, 5) is 0. The van der Waals surface area contributed by atoms with Gasteiger partial charge in [-0.05, 0) is 0 Å². The molecule has 0 aliphatic heterocycles. The zero-order valence-corrected chi connectivity index (χ0v) is 14.9. The average Bonchev–Trinajstić information content (AvgIpc) is 2.37. The fourth-order valence-electron chi connectivity index (χ4n) is 3.00. The second-order valence-corrected chi connectivity index (χ2v) is 11.7. The topological polar surface area (TPSA) is 0 Å². The Labute approximate surface area is 118 Å². The van der Waals surface area contributed by atoms with Crippen LogP contribution in [0.2, 0.25) is 0 Å². The van der Waals surface area contributed by atoms with Crippen LogP contribution in [-0.2, 0) is 0 Å². The van der Waals surface area contributed by atoms with Crippen molar-refractivity contribution in [2.75, 3.05) is 24.6 Å². The molecule has 0 bridgehead atoms. The minimum atomic E-state index is -0.921. The predicted molar refractivity (Wildman–Crippen MR) is 92.0 cm³/mol. The molecule has 0 unspecified atom stereocenters. The molecule has 0 saturated carbocycles. The van der Waals surface area contributed by atoms with Crippen molar-refractivity contribution in [2.24, 2.45) is 5.92 Å². The molecule has 0 aliphatic rings. The third kappa shape index (κ3) is 8.52. The van der Waals surface area contributed by atoms with Gasteiger partial charge >= 0.3 is 117 Å². The van der Waals surface area contributed by atoms with Gasteiger partial charge in [-0.3, -0.25) is 0 Å². The molecule has 0 spiro atoms. The van der Waals surface area contributed by atoms with Gasteiger partial charge in [-0.15, -0.1) is 0 Å². The summed E-state index contributed by atoms with van der Waals surface area (Å²) < 4.78 is 0. The molecule has 1 heteroatoms. The van der Waals surface area contributed by atoms with Gasteiger partial charge in [0.15, 0.2) is 0 Å². The molecule has 0 rings (SSSR count). The number of unbranched alkanes of at least 4 members (excludes halogenated alkanes) is 3. The van der Waals surface area contributed by atoms with Gasteiger partial charge in [-0.25, -0.2) is 0 Å². The summed E-state index contributed by atoms with van der Waals surface area (Å²) in [6.07, 6.45) is 16.7. The zero-order valence-electron chi connectivity index (χ0n) is 13.9. The normalized spacial score (nSPS) is 13.2. The quantitative estimate of drug-likeness (QED) is 0.373. The van der Waals surface area contributed by atoms with E-state index < -0.39 is 7.26 Å². The molecule has 0 aromatic rings. The van der Waals surface area contributed by atoms with Crippen LogP contribution >= 0.6 is 7.26 Å². The van der Waals surface area contributed by atoms with Crippen molar-refractivity contribution >= 4 is 7.26 Å². The molecule has 0 heterocycles. The molecule has 0 radical (unpaired) electrons. The van der Waals surface area contributed by atoms with Crippen LogP contribution in [0.15, 0.2) is 0 Å². The maximum absolute atomic E-state index is 2.40. The molecular weight excluding hydrogens is 235 g/mol. The van der Waals surface area contributed by atoms with Crippen LogP contribution in [0.25, 0.3) is 0 Å². The second-order valence-electron chi connectivity index (χ2n) is 6.74. The molecule has 0 aromatic heterocycles. The second kappa shape index (κ2) is 11.3. The van der Waals surface area contributed by atoms with E-state index in [9.17, 15) is 0 Å². The van der Waals surface area contributed by atoms with Crippen molar-refractivity contribution in [3.8, 4) is 0 Å². The monoisotopic (exact) mass is 274 g/mol. The van der Waals surface area contributed by atoms with Crippen molar-refractivity contribution < 1.29 is 0 Å². The summed E-state index contributed by atoms with van der Waals surface area (Å²) in [5, 5.41) is 0. The van der Waals surface area contributed by atoms with E-state index in [1.54, 1.807) is 24.6 Å². The first-order chi connectivity index (χ1) is 8.60. The van der Waals surface area contributed by atoms with E-state index in [2.05, 4.69) is 34.6 Å². The van der Waals surface area contributed by atoms with Crippen LogP contribution in [0.1, 0.15) is 79.6 Å². The van der Waals surface area contributed by atoms with Crippen LogP contribution in [0.3, 0.4) is 0 Å². The van der Waals surface area contributed by atoms with E-state index in [1.807, 2.05) is 0 Å². The Morgan fingerprint density at radius 1 is 0.667 bits per heavy atom. The Bertz CT molecular complexity index is 153. The third-order valence-corrected chi connectivity index (χ3v) is 10.0. The van der Waals surface area contributed by atoms with Gasteiger partial charge < -0.3 is 0 Å². The molecule has 0 N–H and O–H groups in total. The van der Waals surface area contributed by atoms with Gasteiger partial charge in [0.25, 0.3) is 0 Å². The zero-order chi connectivity index (χ0) is 13.9. The van der Waals surface area contributed by atoms with Gasteiger partial charge in [-0.2, -0.15) is 0 Å². The average molecular weight is 274 g/mol. The Morgan fingerprint density at radius 2 is 1.06 bits per heavy atom. The van der Waals surface area contributed by atoms with Crippen molar-refractivity contribution in [1.29, 1.82) is 0 Å². The van der Waals surface area contributed by atoms with E-state index in [-0.39, 0.29) is 0 Å². The Hall–Kier alpha value is 0.430. The van der Waals surface area contributed by atoms with E-state index in [1.165, 1.54) is 44.9 Å². The molecule has 0 saturated heterocycles. The van der Waals surface area contributed by atoms with E-state index in [0.29, 0.717) is 0 Å². The van der Waals surface area contributed by atoms with E-state index in [4.69, 9.17) is 0 Å². The van der Waals surface area contributed by atoms with Crippen LogP contribution in [0.5, 0.6) is 0 Å². The van der Waals surface area contributed by atoms with E-state index >= 15 is 0 Å². The standard InChI is InChI=1S/C17H39P/c1-6-9-13-18(14-10-7-2,15-11-8-3)16-12-17(4)5/h17-18H,6-16H2,1-5H3. The Morgan fingerprint density at radius 3 is 1.33 bits per heavy atom. The van der Waals surface area contributed by atoms with Gasteiger partial charge in [0.1, 0.15) is 0 Å². The van der Waals surface area contributed by atoms with Crippen LogP contribution < -0.4 is 0 Å². The van der Waals surface area contributed by atoms with Crippen molar-refractivity contribution in [3.63, 3.8) is 0 Å². The molecule has 0 atom stereocenters. The number of hydrogen-bond acceptors (Lipinski definition) is 0. The minimum absolute atomic E-state index is 0.904. The SMILES string of the molecule is CCCC[PH](CCCC)(CCCC)CCC(C)C. The van der Waals surface area contributed by atoms with Gasteiger partial charge in [0.05, 0.1) is 0 Å². The van der Waals surface area contributed by atoms with Crippen LogP contribution in [-0.4, -0.2) is 24.6 Å². The number of rotatable bonds is 12. The fourth-order valence-corrected chi connectivity index (χ4v) is 9.00. The molecule has 0 aromatic carbocycles. The summed E-state index contributed by atoms with van der Waals surface area (Å²) in [7, 11) is -0.921. The van der Waals surface area contributed by atoms with E-state index in [0.717, 1.165) is 5.92 Å². The molecule has 112 valence electrons. The summed E-state index contributed by atoms with van der Waals surface area (Å²) >= 11 is 0. The third-order valence-electron chi connectivity index (χ3n) is 4.43. The number of hydrogen-bond donors (Lipinski definition) is 0. The Kier molecular flexibility index (Phi) is 11.5. The van der Waals surface area contributed by atoms with Crippen molar-refractivity contribution in [1.82, 2.24) is 0 Å². The van der Waals surface area contributed by atoms with Crippen LogP contribution in [0.4, 0.5) is 0 Å². The Balaban J connectivity index is 4.51. The molecular formula is C17H39P. The first-order valence-electron chi connectivity index (χ1n) is 8.60. The fraction of sp³-hybridized carbons (Fsp3) is 1.00. The van der Waals surface area contributed by atoms with Crippen molar-refractivity contribution in [3.05, 3.63) is 0 Å². The summed E-state index contributed by atoms with van der Waals surface area (Å²) in [6, 6.07) is 0. The molecule has 0 fully saturated rings. The molecule has 0 nitrogen and oxygen atoms in total. The first-order valence-corrected chi connectivity index (χ1v) is 11.4. The maximum atomic E-state index is 2.40. The van der Waals surface area contributed by atoms with Gasteiger partial charge in [0.2, 0.25) is 0 Å². The summed E-state index contributed by atoms with van der Waals surface area (Å²) in [5.74, 6) is 0.904. The van der Waals surface area contributed by atoms with Crippen LogP contribution in [0, 0.1) is 5.92 Å². The van der Waals surface area contributed by atoms with Gasteiger partial charge in [0, 0.05) is 0 Å². The molecule has 0 aliphatic carbocycles. The molecule has 0 amide bonds.